The van der Waals surface area contributed by atoms with Gasteiger partial charge in [0.25, 0.3) is 0 Å². The summed E-state index contributed by atoms with van der Waals surface area (Å²) in [4.78, 5) is 14.1. The molecule has 0 saturated carbocycles. The number of benzene rings is 2. The lowest BCUT2D eigenvalue weighted by Crippen LogP contribution is -2.28. The predicted octanol–water partition coefficient (Wildman–Crippen LogP) is 3.14. The molecule has 5 nitrogen and oxygen atoms in total. The van der Waals surface area contributed by atoms with Crippen molar-refractivity contribution in [3.05, 3.63) is 53.6 Å². The van der Waals surface area contributed by atoms with E-state index in [4.69, 9.17) is 4.74 Å². The van der Waals surface area contributed by atoms with E-state index in [0.29, 0.717) is 5.75 Å². The molecule has 0 radical (unpaired) electrons. The zero-order valence-electron chi connectivity index (χ0n) is 14.9. The number of carbonyl (C=O) groups is 1. The van der Waals surface area contributed by atoms with Gasteiger partial charge < -0.3 is 9.64 Å². The molecule has 2 rings (SSSR count). The van der Waals surface area contributed by atoms with E-state index in [2.05, 4.69) is 0 Å². The van der Waals surface area contributed by atoms with Crippen LogP contribution in [0.5, 0.6) is 5.75 Å². The number of nitrogens with zero attached hydrogens (tertiary/aromatic N) is 1. The van der Waals surface area contributed by atoms with Crippen molar-refractivity contribution in [2.45, 2.75) is 25.2 Å². The van der Waals surface area contributed by atoms with Crippen LogP contribution in [0.3, 0.4) is 0 Å². The van der Waals surface area contributed by atoms with Crippen LogP contribution in [-0.4, -0.2) is 34.2 Å². The van der Waals surface area contributed by atoms with Gasteiger partial charge in [-0.05, 0) is 55.3 Å². The smallest absolute Gasteiger partial charge is 0.227 e. The first-order chi connectivity index (χ1) is 11.7. The standard InChI is InChI=1S/C19H23NO4S/c1-14-5-6-15(2)18(13-14)20(3)19(21)11-12-25(22,23)17-9-7-16(24-4)8-10-17/h5-10,13H,11-12H2,1-4H3. The van der Waals surface area contributed by atoms with E-state index in [1.165, 1.54) is 24.1 Å². The Morgan fingerprint density at radius 2 is 1.72 bits per heavy atom. The van der Waals surface area contributed by atoms with E-state index in [1.54, 1.807) is 19.2 Å². The van der Waals surface area contributed by atoms with Crippen molar-refractivity contribution >= 4 is 21.4 Å². The van der Waals surface area contributed by atoms with Crippen LogP contribution >= 0.6 is 0 Å². The van der Waals surface area contributed by atoms with Crippen LogP contribution in [0.4, 0.5) is 5.69 Å². The first-order valence-corrected chi connectivity index (χ1v) is 9.60. The highest BCUT2D eigenvalue weighted by Crippen LogP contribution is 2.22. The van der Waals surface area contributed by atoms with E-state index in [-0.39, 0.29) is 23.0 Å². The Morgan fingerprint density at radius 1 is 1.08 bits per heavy atom. The van der Waals surface area contributed by atoms with Gasteiger partial charge in [-0.15, -0.1) is 0 Å². The molecule has 6 heteroatoms. The molecule has 2 aromatic carbocycles. The van der Waals surface area contributed by atoms with Gasteiger partial charge in [-0.1, -0.05) is 12.1 Å². The summed E-state index contributed by atoms with van der Waals surface area (Å²) < 4.78 is 29.8. The van der Waals surface area contributed by atoms with E-state index in [0.717, 1.165) is 16.8 Å². The average molecular weight is 361 g/mol. The molecular weight excluding hydrogens is 338 g/mol. The van der Waals surface area contributed by atoms with Crippen molar-refractivity contribution in [2.75, 3.05) is 24.8 Å². The Hall–Kier alpha value is -2.34. The zero-order valence-corrected chi connectivity index (χ0v) is 15.8. The molecule has 25 heavy (non-hydrogen) atoms. The molecular formula is C19H23NO4S. The van der Waals surface area contributed by atoms with Crippen LogP contribution in [0.2, 0.25) is 0 Å². The number of anilines is 1. The molecule has 1 amide bonds. The van der Waals surface area contributed by atoms with Crippen LogP contribution in [0.1, 0.15) is 17.5 Å². The second-order valence-corrected chi connectivity index (χ2v) is 8.10. The Balaban J connectivity index is 2.08. The first kappa shape index (κ1) is 19.0. The highest BCUT2D eigenvalue weighted by atomic mass is 32.2. The molecule has 0 aliphatic rings. The number of ether oxygens (including phenoxy) is 1. The monoisotopic (exact) mass is 361 g/mol. The summed E-state index contributed by atoms with van der Waals surface area (Å²) in [6, 6.07) is 12.0. The summed E-state index contributed by atoms with van der Waals surface area (Å²) >= 11 is 0. The minimum Gasteiger partial charge on any atom is -0.497 e. The fourth-order valence-corrected chi connectivity index (χ4v) is 3.74. The summed E-state index contributed by atoms with van der Waals surface area (Å²) in [5.74, 6) is 0.128. The average Bonchev–Trinajstić information content (AvgIpc) is 2.61. The molecule has 0 aliphatic heterocycles. The fourth-order valence-electron chi connectivity index (χ4n) is 2.51. The van der Waals surface area contributed by atoms with E-state index in [1.807, 2.05) is 32.0 Å². The Labute approximate surface area is 149 Å². The Kier molecular flexibility index (Phi) is 5.85. The number of aryl methyl sites for hydroxylation is 2. The summed E-state index contributed by atoms with van der Waals surface area (Å²) in [5.41, 5.74) is 2.82. The van der Waals surface area contributed by atoms with Crippen LogP contribution in [0.15, 0.2) is 47.4 Å². The number of hydrogen-bond acceptors (Lipinski definition) is 4. The summed E-state index contributed by atoms with van der Waals surface area (Å²) in [6.07, 6.45) is -0.0712. The maximum absolute atomic E-state index is 12.4. The minimum absolute atomic E-state index is 0.0712. The number of amides is 1. The lowest BCUT2D eigenvalue weighted by atomic mass is 10.1. The van der Waals surface area contributed by atoms with Gasteiger partial charge in [-0.25, -0.2) is 8.42 Å². The second kappa shape index (κ2) is 7.70. The zero-order chi connectivity index (χ0) is 18.6. The summed E-state index contributed by atoms with van der Waals surface area (Å²) in [5, 5.41) is 0. The van der Waals surface area contributed by atoms with Crippen LogP contribution in [-0.2, 0) is 14.6 Å². The summed E-state index contributed by atoms with van der Waals surface area (Å²) in [6.45, 7) is 3.88. The maximum Gasteiger partial charge on any atom is 0.227 e. The molecule has 0 N–H and O–H groups in total. The van der Waals surface area contributed by atoms with Gasteiger partial charge in [0, 0.05) is 19.2 Å². The number of rotatable bonds is 6. The van der Waals surface area contributed by atoms with Crippen molar-refractivity contribution in [1.29, 1.82) is 0 Å². The van der Waals surface area contributed by atoms with Crippen molar-refractivity contribution in [3.8, 4) is 5.75 Å². The van der Waals surface area contributed by atoms with Crippen LogP contribution in [0.25, 0.3) is 0 Å². The largest absolute Gasteiger partial charge is 0.497 e. The minimum atomic E-state index is -3.52. The molecule has 0 saturated heterocycles. The lowest BCUT2D eigenvalue weighted by molar-refractivity contribution is -0.117. The van der Waals surface area contributed by atoms with Gasteiger partial charge in [-0.2, -0.15) is 0 Å². The SMILES string of the molecule is COc1ccc(S(=O)(=O)CCC(=O)N(C)c2cc(C)ccc2C)cc1. The number of methoxy groups -OCH3 is 1. The van der Waals surface area contributed by atoms with E-state index >= 15 is 0 Å². The van der Waals surface area contributed by atoms with Gasteiger partial charge >= 0.3 is 0 Å². The quantitative estimate of drug-likeness (QED) is 0.793. The molecule has 0 spiro atoms. The highest BCUT2D eigenvalue weighted by molar-refractivity contribution is 7.91. The Bertz CT molecular complexity index is 857. The second-order valence-electron chi connectivity index (χ2n) is 5.99. The maximum atomic E-state index is 12.4. The topological polar surface area (TPSA) is 63.7 Å². The number of hydrogen-bond donors (Lipinski definition) is 0. The third kappa shape index (κ3) is 4.60. The van der Waals surface area contributed by atoms with Crippen LogP contribution in [0, 0.1) is 13.8 Å². The molecule has 0 bridgehead atoms. The number of carbonyl (C=O) groups excluding carboxylic acids is 1. The van der Waals surface area contributed by atoms with Gasteiger partial charge in [0.05, 0.1) is 17.8 Å². The molecule has 0 heterocycles. The highest BCUT2D eigenvalue weighted by Gasteiger charge is 2.19. The molecule has 0 fully saturated rings. The first-order valence-electron chi connectivity index (χ1n) is 7.95. The third-order valence-electron chi connectivity index (χ3n) is 4.10. The normalized spacial score (nSPS) is 11.2. The van der Waals surface area contributed by atoms with Crippen LogP contribution < -0.4 is 9.64 Å². The summed E-state index contributed by atoms with van der Waals surface area (Å²) in [7, 11) is -0.327. The molecule has 0 aromatic heterocycles. The van der Waals surface area contributed by atoms with Crippen molar-refractivity contribution in [3.63, 3.8) is 0 Å². The van der Waals surface area contributed by atoms with Crippen molar-refractivity contribution in [2.24, 2.45) is 0 Å². The van der Waals surface area contributed by atoms with Gasteiger partial charge in [0.2, 0.25) is 5.91 Å². The van der Waals surface area contributed by atoms with Gasteiger partial charge in [-0.3, -0.25) is 4.79 Å². The third-order valence-corrected chi connectivity index (χ3v) is 5.84. The molecule has 2 aromatic rings. The van der Waals surface area contributed by atoms with Gasteiger partial charge in [0.15, 0.2) is 9.84 Å². The fraction of sp³-hybridized carbons (Fsp3) is 0.316. The van der Waals surface area contributed by atoms with Crippen molar-refractivity contribution < 1.29 is 17.9 Å². The van der Waals surface area contributed by atoms with Gasteiger partial charge in [0.1, 0.15) is 5.75 Å². The van der Waals surface area contributed by atoms with E-state index < -0.39 is 9.84 Å². The lowest BCUT2D eigenvalue weighted by Gasteiger charge is -2.20. The molecule has 134 valence electrons. The Morgan fingerprint density at radius 3 is 2.32 bits per heavy atom. The van der Waals surface area contributed by atoms with E-state index in [9.17, 15) is 13.2 Å². The van der Waals surface area contributed by atoms with Crippen molar-refractivity contribution in [1.82, 2.24) is 0 Å². The molecule has 0 aliphatic carbocycles. The predicted molar refractivity (Wildman–Crippen MR) is 99.0 cm³/mol. The molecule has 0 atom stereocenters. The number of sulfone groups is 1. The molecule has 0 unspecified atom stereocenters.